The van der Waals surface area contributed by atoms with Crippen molar-refractivity contribution < 1.29 is 4.39 Å². The number of halogens is 3. The molecule has 1 aromatic rings. The molecule has 0 aliphatic carbocycles. The summed E-state index contributed by atoms with van der Waals surface area (Å²) in [7, 11) is 0. The molecule has 0 N–H and O–H groups in total. The smallest absolute Gasteiger partial charge is 0.138 e. The summed E-state index contributed by atoms with van der Waals surface area (Å²) < 4.78 is 14.5. The number of rotatable bonds is 1. The Labute approximate surface area is 91.2 Å². The topological polar surface area (TPSA) is 0 Å². The summed E-state index contributed by atoms with van der Waals surface area (Å²) in [6, 6.07) is 3.32. The van der Waals surface area contributed by atoms with Crippen LogP contribution in [0.4, 0.5) is 4.39 Å². The molecule has 0 saturated carbocycles. The molecule has 60 valence electrons. The van der Waals surface area contributed by atoms with Crippen molar-refractivity contribution in [1.29, 1.82) is 0 Å². The van der Waals surface area contributed by atoms with E-state index in [4.69, 9.17) is 0 Å². The highest BCUT2D eigenvalue weighted by atomic mass is 127. The fraction of sp³-hybridized carbons (Fsp3) is 0.143. The minimum atomic E-state index is -0.199. The summed E-state index contributed by atoms with van der Waals surface area (Å²) in [5.74, 6) is -0.199. The fourth-order valence-electron chi connectivity index (χ4n) is 0.661. The van der Waals surface area contributed by atoms with E-state index in [1.807, 2.05) is 6.26 Å². The van der Waals surface area contributed by atoms with E-state index >= 15 is 0 Å². The largest absolute Gasteiger partial charge is 0.206 e. The van der Waals surface area contributed by atoms with Gasteiger partial charge < -0.3 is 0 Å². The van der Waals surface area contributed by atoms with E-state index in [2.05, 4.69) is 38.5 Å². The van der Waals surface area contributed by atoms with Gasteiger partial charge in [-0.05, 0) is 56.9 Å². The van der Waals surface area contributed by atoms with Crippen LogP contribution in [0.15, 0.2) is 21.5 Å². The molecule has 4 heteroatoms. The van der Waals surface area contributed by atoms with E-state index in [0.29, 0.717) is 4.47 Å². The molecule has 0 aliphatic heterocycles. The molecule has 0 atom stereocenters. The van der Waals surface area contributed by atoms with Gasteiger partial charge in [-0.1, -0.05) is 0 Å². The maximum Gasteiger partial charge on any atom is 0.138 e. The van der Waals surface area contributed by atoms with Gasteiger partial charge in [-0.25, -0.2) is 4.39 Å². The van der Waals surface area contributed by atoms with Gasteiger partial charge in [0.05, 0.1) is 4.47 Å². The lowest BCUT2D eigenvalue weighted by molar-refractivity contribution is 0.617. The molecule has 0 amide bonds. The van der Waals surface area contributed by atoms with Crippen molar-refractivity contribution >= 4 is 50.3 Å². The lowest BCUT2D eigenvalue weighted by atomic mass is 10.3. The zero-order valence-corrected chi connectivity index (χ0v) is 10.3. The van der Waals surface area contributed by atoms with E-state index in [1.165, 1.54) is 6.07 Å². The number of hydrogen-bond donors (Lipinski definition) is 0. The molecule has 0 bridgehead atoms. The quantitative estimate of drug-likeness (QED) is 0.422. The summed E-state index contributed by atoms with van der Waals surface area (Å²) in [5, 5.41) is 0. The second-order valence-corrected chi connectivity index (χ2v) is 4.77. The van der Waals surface area contributed by atoms with Crippen molar-refractivity contribution in [3.8, 4) is 0 Å². The highest BCUT2D eigenvalue weighted by molar-refractivity contribution is 14.1. The maximum absolute atomic E-state index is 12.9. The Morgan fingerprint density at radius 1 is 1.55 bits per heavy atom. The van der Waals surface area contributed by atoms with Gasteiger partial charge in [0, 0.05) is 8.47 Å². The van der Waals surface area contributed by atoms with E-state index in [-0.39, 0.29) is 5.82 Å². The van der Waals surface area contributed by atoms with E-state index in [0.717, 1.165) is 8.47 Å². The first-order valence-electron chi connectivity index (χ1n) is 2.83. The van der Waals surface area contributed by atoms with Crippen LogP contribution < -0.4 is 0 Å². The molecular formula is C7H5BrFIS. The first-order chi connectivity index (χ1) is 5.15. The van der Waals surface area contributed by atoms with Crippen LogP contribution in [0.2, 0.25) is 0 Å². The average Bonchev–Trinajstić information content (AvgIpc) is 1.97. The fourth-order valence-corrected chi connectivity index (χ4v) is 3.04. The Balaban J connectivity index is 3.21. The lowest BCUT2D eigenvalue weighted by Gasteiger charge is -2.01. The molecule has 0 spiro atoms. The molecule has 1 aromatic carbocycles. The minimum Gasteiger partial charge on any atom is -0.206 e. The van der Waals surface area contributed by atoms with E-state index < -0.39 is 0 Å². The molecule has 0 aromatic heterocycles. The van der Waals surface area contributed by atoms with Gasteiger partial charge in [-0.15, -0.1) is 11.8 Å². The monoisotopic (exact) mass is 346 g/mol. The van der Waals surface area contributed by atoms with Crippen molar-refractivity contribution in [2.24, 2.45) is 0 Å². The van der Waals surface area contributed by atoms with Gasteiger partial charge in [-0.2, -0.15) is 0 Å². The average molecular weight is 347 g/mol. The van der Waals surface area contributed by atoms with E-state index in [9.17, 15) is 4.39 Å². The van der Waals surface area contributed by atoms with Crippen LogP contribution in [0.3, 0.4) is 0 Å². The number of benzene rings is 1. The van der Waals surface area contributed by atoms with Crippen LogP contribution in [-0.2, 0) is 0 Å². The number of hydrogen-bond acceptors (Lipinski definition) is 1. The van der Waals surface area contributed by atoms with Gasteiger partial charge in [-0.3, -0.25) is 0 Å². The first kappa shape index (κ1) is 9.80. The van der Waals surface area contributed by atoms with Crippen molar-refractivity contribution in [3.05, 3.63) is 26.0 Å². The Morgan fingerprint density at radius 3 is 2.73 bits per heavy atom. The molecule has 11 heavy (non-hydrogen) atoms. The van der Waals surface area contributed by atoms with Crippen molar-refractivity contribution in [2.75, 3.05) is 6.26 Å². The number of thioether (sulfide) groups is 1. The summed E-state index contributed by atoms with van der Waals surface area (Å²) in [6.07, 6.45) is 1.94. The van der Waals surface area contributed by atoms with Crippen LogP contribution in [0, 0.1) is 9.39 Å². The van der Waals surface area contributed by atoms with Gasteiger partial charge in [0.2, 0.25) is 0 Å². The molecule has 0 radical (unpaired) electrons. The predicted molar refractivity (Wildman–Crippen MR) is 58.6 cm³/mol. The van der Waals surface area contributed by atoms with Crippen LogP contribution in [-0.4, -0.2) is 6.26 Å². The summed E-state index contributed by atoms with van der Waals surface area (Å²) >= 11 is 6.86. The molecular weight excluding hydrogens is 342 g/mol. The zero-order chi connectivity index (χ0) is 8.43. The Hall–Kier alpha value is 0.710. The van der Waals surface area contributed by atoms with Crippen LogP contribution >= 0.6 is 50.3 Å². The Morgan fingerprint density at radius 2 is 2.18 bits per heavy atom. The molecule has 0 unspecified atom stereocenters. The summed E-state index contributed by atoms with van der Waals surface area (Å²) in [5.41, 5.74) is 0. The normalized spacial score (nSPS) is 10.2. The summed E-state index contributed by atoms with van der Waals surface area (Å²) in [4.78, 5) is 0.978. The zero-order valence-electron chi connectivity index (χ0n) is 5.70. The SMILES string of the molecule is CSc1cc(F)c(Br)cc1I. The molecule has 1 rings (SSSR count). The van der Waals surface area contributed by atoms with Crippen LogP contribution in [0.25, 0.3) is 0 Å². The van der Waals surface area contributed by atoms with Crippen molar-refractivity contribution in [3.63, 3.8) is 0 Å². The minimum absolute atomic E-state index is 0.199. The molecule has 0 nitrogen and oxygen atoms in total. The first-order valence-corrected chi connectivity index (χ1v) is 5.93. The van der Waals surface area contributed by atoms with Crippen LogP contribution in [0.1, 0.15) is 0 Å². The van der Waals surface area contributed by atoms with E-state index in [1.54, 1.807) is 17.8 Å². The maximum atomic E-state index is 12.9. The standard InChI is InChI=1S/C7H5BrFIS/c1-11-7-3-5(9)4(8)2-6(7)10/h2-3H,1H3. The third-order valence-electron chi connectivity index (χ3n) is 1.19. The Kier molecular flexibility index (Phi) is 3.64. The molecule has 0 fully saturated rings. The Bertz CT molecular complexity index is 277. The van der Waals surface area contributed by atoms with Gasteiger partial charge in [0.25, 0.3) is 0 Å². The van der Waals surface area contributed by atoms with Gasteiger partial charge in [0.15, 0.2) is 0 Å². The van der Waals surface area contributed by atoms with Crippen molar-refractivity contribution in [2.45, 2.75) is 4.90 Å². The van der Waals surface area contributed by atoms with Gasteiger partial charge >= 0.3 is 0 Å². The summed E-state index contributed by atoms with van der Waals surface area (Å²) in [6.45, 7) is 0. The predicted octanol–water partition coefficient (Wildman–Crippen LogP) is 3.91. The van der Waals surface area contributed by atoms with Crippen molar-refractivity contribution in [1.82, 2.24) is 0 Å². The van der Waals surface area contributed by atoms with Gasteiger partial charge in [0.1, 0.15) is 5.82 Å². The third-order valence-corrected chi connectivity index (χ3v) is 3.84. The second-order valence-electron chi connectivity index (χ2n) is 1.90. The highest BCUT2D eigenvalue weighted by Gasteiger charge is 2.04. The third kappa shape index (κ3) is 2.32. The molecule has 0 saturated heterocycles. The lowest BCUT2D eigenvalue weighted by Crippen LogP contribution is -1.83. The van der Waals surface area contributed by atoms with Crippen LogP contribution in [0.5, 0.6) is 0 Å². The molecule has 0 aliphatic rings. The highest BCUT2D eigenvalue weighted by Crippen LogP contribution is 2.27. The second kappa shape index (κ2) is 4.09. The molecule has 0 heterocycles.